The van der Waals surface area contributed by atoms with Crippen molar-refractivity contribution in [1.29, 1.82) is 0 Å². The van der Waals surface area contributed by atoms with Gasteiger partial charge in [-0.05, 0) is 50.0 Å². The summed E-state index contributed by atoms with van der Waals surface area (Å²) >= 11 is 0. The van der Waals surface area contributed by atoms with Crippen molar-refractivity contribution < 1.29 is 9.59 Å². The zero-order chi connectivity index (χ0) is 15.2. The fourth-order valence-electron chi connectivity index (χ4n) is 2.68. The van der Waals surface area contributed by atoms with Gasteiger partial charge < -0.3 is 16.0 Å². The number of likely N-dealkylation sites (tertiary alicyclic amines) is 1. The van der Waals surface area contributed by atoms with Crippen LogP contribution in [0.2, 0.25) is 0 Å². The van der Waals surface area contributed by atoms with Crippen LogP contribution in [0.4, 0.5) is 0 Å². The average molecular weight is 289 g/mol. The summed E-state index contributed by atoms with van der Waals surface area (Å²) in [5.41, 5.74) is 6.17. The van der Waals surface area contributed by atoms with Crippen molar-refractivity contribution in [2.45, 2.75) is 19.8 Å². The lowest BCUT2D eigenvalue weighted by atomic mass is 9.96. The number of hydrogen-bond donors (Lipinski definition) is 2. The summed E-state index contributed by atoms with van der Waals surface area (Å²) in [6.45, 7) is 5.66. The minimum Gasteiger partial charge on any atom is -0.366 e. The number of carbonyl (C=O) groups is 2. The molecule has 1 aromatic rings. The van der Waals surface area contributed by atoms with Crippen molar-refractivity contribution in [2.24, 2.45) is 11.7 Å². The Hall–Kier alpha value is -1.88. The van der Waals surface area contributed by atoms with Crippen LogP contribution in [0.3, 0.4) is 0 Å². The fourth-order valence-corrected chi connectivity index (χ4v) is 2.68. The third-order valence-corrected chi connectivity index (χ3v) is 3.98. The van der Waals surface area contributed by atoms with Crippen LogP contribution < -0.4 is 11.1 Å². The SMILES string of the molecule is CCNCC1CCN(C(=O)c2cccc(C(N)=O)c2)CC1. The van der Waals surface area contributed by atoms with Crippen molar-refractivity contribution in [3.05, 3.63) is 35.4 Å². The molecule has 0 radical (unpaired) electrons. The number of nitrogens with zero attached hydrogens (tertiary/aromatic N) is 1. The molecule has 1 fully saturated rings. The lowest BCUT2D eigenvalue weighted by Gasteiger charge is -2.32. The summed E-state index contributed by atoms with van der Waals surface area (Å²) in [7, 11) is 0. The number of amides is 2. The van der Waals surface area contributed by atoms with Crippen LogP contribution in [0, 0.1) is 5.92 Å². The van der Waals surface area contributed by atoms with Crippen LogP contribution in [0.25, 0.3) is 0 Å². The van der Waals surface area contributed by atoms with Gasteiger partial charge >= 0.3 is 0 Å². The van der Waals surface area contributed by atoms with Gasteiger partial charge in [0.05, 0.1) is 0 Å². The molecule has 0 saturated carbocycles. The van der Waals surface area contributed by atoms with Crippen molar-refractivity contribution in [2.75, 3.05) is 26.2 Å². The molecule has 1 aliphatic rings. The van der Waals surface area contributed by atoms with Gasteiger partial charge in [-0.2, -0.15) is 0 Å². The fraction of sp³-hybridized carbons (Fsp3) is 0.500. The van der Waals surface area contributed by atoms with Gasteiger partial charge in [-0.3, -0.25) is 9.59 Å². The number of rotatable bonds is 5. The van der Waals surface area contributed by atoms with E-state index in [2.05, 4.69) is 12.2 Å². The molecule has 1 saturated heterocycles. The summed E-state index contributed by atoms with van der Waals surface area (Å²) in [5.74, 6) is 0.125. The lowest BCUT2D eigenvalue weighted by molar-refractivity contribution is 0.0690. The van der Waals surface area contributed by atoms with Gasteiger partial charge in [-0.1, -0.05) is 13.0 Å². The maximum atomic E-state index is 12.5. The number of benzene rings is 1. The van der Waals surface area contributed by atoms with Crippen molar-refractivity contribution >= 4 is 11.8 Å². The second-order valence-electron chi connectivity index (χ2n) is 5.49. The van der Waals surface area contributed by atoms with Gasteiger partial charge in [0.1, 0.15) is 0 Å². The van der Waals surface area contributed by atoms with Gasteiger partial charge in [0, 0.05) is 24.2 Å². The van der Waals surface area contributed by atoms with Crippen molar-refractivity contribution in [3.8, 4) is 0 Å². The number of nitrogens with two attached hydrogens (primary N) is 1. The third-order valence-electron chi connectivity index (χ3n) is 3.98. The van der Waals surface area contributed by atoms with Crippen LogP contribution in [0.1, 0.15) is 40.5 Å². The Morgan fingerprint density at radius 1 is 1.29 bits per heavy atom. The highest BCUT2D eigenvalue weighted by molar-refractivity contribution is 5.99. The minimum absolute atomic E-state index is 0.0139. The maximum absolute atomic E-state index is 12.5. The van der Waals surface area contributed by atoms with Crippen LogP contribution in [-0.4, -0.2) is 42.9 Å². The highest BCUT2D eigenvalue weighted by Crippen LogP contribution is 2.19. The van der Waals surface area contributed by atoms with E-state index in [1.54, 1.807) is 24.3 Å². The Balaban J connectivity index is 1.95. The molecule has 1 aliphatic heterocycles. The molecule has 3 N–H and O–H groups in total. The Labute approximate surface area is 125 Å². The Morgan fingerprint density at radius 2 is 1.95 bits per heavy atom. The molecule has 0 bridgehead atoms. The monoisotopic (exact) mass is 289 g/mol. The molecule has 1 heterocycles. The second kappa shape index (κ2) is 7.22. The second-order valence-corrected chi connectivity index (χ2v) is 5.49. The summed E-state index contributed by atoms with van der Waals surface area (Å²) in [6, 6.07) is 6.64. The molecule has 1 aromatic carbocycles. The predicted molar refractivity (Wildman–Crippen MR) is 82.1 cm³/mol. The van der Waals surface area contributed by atoms with E-state index in [1.807, 2.05) is 4.90 Å². The van der Waals surface area contributed by atoms with E-state index >= 15 is 0 Å². The first-order valence-electron chi connectivity index (χ1n) is 7.51. The van der Waals surface area contributed by atoms with Gasteiger partial charge in [-0.15, -0.1) is 0 Å². The molecule has 0 spiro atoms. The van der Waals surface area contributed by atoms with Crippen LogP contribution in [0.15, 0.2) is 24.3 Å². The molecule has 0 aromatic heterocycles. The molecule has 5 heteroatoms. The highest BCUT2D eigenvalue weighted by atomic mass is 16.2. The van der Waals surface area contributed by atoms with Gasteiger partial charge in [-0.25, -0.2) is 0 Å². The zero-order valence-electron chi connectivity index (χ0n) is 12.5. The molecular weight excluding hydrogens is 266 g/mol. The average Bonchev–Trinajstić information content (AvgIpc) is 2.53. The highest BCUT2D eigenvalue weighted by Gasteiger charge is 2.23. The summed E-state index contributed by atoms with van der Waals surface area (Å²) in [6.07, 6.45) is 2.04. The van der Waals surface area contributed by atoms with Gasteiger partial charge in [0.2, 0.25) is 5.91 Å². The molecular formula is C16H23N3O2. The smallest absolute Gasteiger partial charge is 0.253 e. The number of nitrogens with one attached hydrogen (secondary N) is 1. The van der Waals surface area contributed by atoms with E-state index < -0.39 is 5.91 Å². The molecule has 2 amide bonds. The topological polar surface area (TPSA) is 75.4 Å². The first-order valence-corrected chi connectivity index (χ1v) is 7.51. The molecule has 2 rings (SSSR count). The first kappa shape index (κ1) is 15.5. The summed E-state index contributed by atoms with van der Waals surface area (Å²) in [4.78, 5) is 25.5. The first-order chi connectivity index (χ1) is 10.1. The predicted octanol–water partition coefficient (Wildman–Crippen LogP) is 1.25. The van der Waals surface area contributed by atoms with Gasteiger partial charge in [0.25, 0.3) is 5.91 Å². The number of hydrogen-bond acceptors (Lipinski definition) is 3. The molecule has 5 nitrogen and oxygen atoms in total. The van der Waals surface area contributed by atoms with E-state index in [0.29, 0.717) is 17.0 Å². The number of primary amides is 1. The van der Waals surface area contributed by atoms with E-state index in [9.17, 15) is 9.59 Å². The molecule has 0 unspecified atom stereocenters. The van der Waals surface area contributed by atoms with E-state index in [4.69, 9.17) is 5.73 Å². The molecule has 0 atom stereocenters. The molecule has 114 valence electrons. The van der Waals surface area contributed by atoms with Crippen LogP contribution in [-0.2, 0) is 0 Å². The summed E-state index contributed by atoms with van der Waals surface area (Å²) in [5, 5.41) is 3.36. The van der Waals surface area contributed by atoms with Crippen molar-refractivity contribution in [1.82, 2.24) is 10.2 Å². The normalized spacial score (nSPS) is 16.0. The number of piperidine rings is 1. The Kier molecular flexibility index (Phi) is 5.33. The van der Waals surface area contributed by atoms with Crippen LogP contribution >= 0.6 is 0 Å². The minimum atomic E-state index is -0.506. The zero-order valence-corrected chi connectivity index (χ0v) is 12.5. The Morgan fingerprint density at radius 3 is 2.57 bits per heavy atom. The van der Waals surface area contributed by atoms with E-state index in [1.165, 1.54) is 0 Å². The lowest BCUT2D eigenvalue weighted by Crippen LogP contribution is -2.40. The maximum Gasteiger partial charge on any atom is 0.253 e. The quantitative estimate of drug-likeness (QED) is 0.856. The largest absolute Gasteiger partial charge is 0.366 e. The van der Waals surface area contributed by atoms with Gasteiger partial charge in [0.15, 0.2) is 0 Å². The number of carbonyl (C=O) groups excluding carboxylic acids is 2. The van der Waals surface area contributed by atoms with Crippen molar-refractivity contribution in [3.63, 3.8) is 0 Å². The standard InChI is InChI=1S/C16H23N3O2/c1-2-18-11-12-6-8-19(9-7-12)16(21)14-5-3-4-13(10-14)15(17)20/h3-5,10,12,18H,2,6-9,11H2,1H3,(H2,17,20). The van der Waals surface area contributed by atoms with E-state index in [-0.39, 0.29) is 5.91 Å². The Bertz CT molecular complexity index is 508. The summed E-state index contributed by atoms with van der Waals surface area (Å²) < 4.78 is 0. The van der Waals surface area contributed by atoms with Crippen LogP contribution in [0.5, 0.6) is 0 Å². The molecule has 0 aliphatic carbocycles. The third kappa shape index (κ3) is 4.04. The molecule has 21 heavy (non-hydrogen) atoms. The van der Waals surface area contributed by atoms with E-state index in [0.717, 1.165) is 39.0 Å².